The lowest BCUT2D eigenvalue weighted by Crippen LogP contribution is -2.46. The maximum Gasteiger partial charge on any atom is 0.226 e. The van der Waals surface area contributed by atoms with E-state index in [1.165, 1.54) is 0 Å². The lowest BCUT2D eigenvalue weighted by atomic mass is 10.1. The molecule has 0 bridgehead atoms. The summed E-state index contributed by atoms with van der Waals surface area (Å²) in [4.78, 5) is 15.0. The number of carbonyl (C=O) groups is 1. The molecule has 25 heavy (non-hydrogen) atoms. The van der Waals surface area contributed by atoms with Crippen molar-refractivity contribution < 1.29 is 9.53 Å². The molecule has 0 spiro atoms. The van der Waals surface area contributed by atoms with Crippen LogP contribution in [-0.4, -0.2) is 30.0 Å². The Morgan fingerprint density at radius 2 is 1.80 bits per heavy atom. The van der Waals surface area contributed by atoms with Crippen molar-refractivity contribution in [1.82, 2.24) is 4.90 Å². The molecule has 0 N–H and O–H groups in total. The van der Waals surface area contributed by atoms with Crippen molar-refractivity contribution >= 4 is 17.5 Å². The fourth-order valence-corrected chi connectivity index (χ4v) is 4.08. The second kappa shape index (κ2) is 6.81. The Kier molecular flexibility index (Phi) is 4.53. The van der Waals surface area contributed by atoms with E-state index >= 15 is 0 Å². The summed E-state index contributed by atoms with van der Waals surface area (Å²) >= 11 is 6.30. The Morgan fingerprint density at radius 3 is 2.56 bits per heavy atom. The molecule has 1 amide bonds. The highest BCUT2D eigenvalue weighted by molar-refractivity contribution is 6.31. The van der Waals surface area contributed by atoms with Gasteiger partial charge in [-0.05, 0) is 36.5 Å². The molecule has 1 saturated carbocycles. The number of hydrogen-bond acceptors (Lipinski definition) is 2. The first-order chi connectivity index (χ1) is 12.1. The summed E-state index contributed by atoms with van der Waals surface area (Å²) in [7, 11) is 0. The Balaban J connectivity index is 1.46. The molecule has 1 saturated heterocycles. The number of benzene rings is 2. The average molecular weight is 356 g/mol. The zero-order valence-corrected chi connectivity index (χ0v) is 15.0. The highest BCUT2D eigenvalue weighted by Gasteiger charge is 2.47. The number of morpholine rings is 1. The third-order valence-corrected chi connectivity index (χ3v) is 5.50. The van der Waals surface area contributed by atoms with Crippen LogP contribution in [0.2, 0.25) is 5.02 Å². The van der Waals surface area contributed by atoms with Gasteiger partial charge in [-0.25, -0.2) is 0 Å². The molecule has 2 aliphatic rings. The molecule has 2 fully saturated rings. The topological polar surface area (TPSA) is 29.5 Å². The van der Waals surface area contributed by atoms with Gasteiger partial charge in [0.1, 0.15) is 6.10 Å². The maximum atomic E-state index is 13.0. The second-order valence-electron chi connectivity index (χ2n) is 7.06. The van der Waals surface area contributed by atoms with E-state index in [0.29, 0.717) is 13.1 Å². The van der Waals surface area contributed by atoms with Gasteiger partial charge in [0.05, 0.1) is 12.6 Å². The zero-order valence-electron chi connectivity index (χ0n) is 14.3. The van der Waals surface area contributed by atoms with Gasteiger partial charge >= 0.3 is 0 Å². The monoisotopic (exact) mass is 355 g/mol. The molecule has 130 valence electrons. The molecule has 1 heterocycles. The average Bonchev–Trinajstić information content (AvgIpc) is 3.42. The number of amides is 1. The van der Waals surface area contributed by atoms with E-state index in [4.69, 9.17) is 16.3 Å². The molecule has 4 unspecified atom stereocenters. The van der Waals surface area contributed by atoms with E-state index < -0.39 is 0 Å². The van der Waals surface area contributed by atoms with Gasteiger partial charge in [-0.3, -0.25) is 4.79 Å². The highest BCUT2D eigenvalue weighted by atomic mass is 35.5. The summed E-state index contributed by atoms with van der Waals surface area (Å²) < 4.78 is 6.07. The molecule has 4 rings (SSSR count). The number of nitrogens with zero attached hydrogens (tertiary/aromatic N) is 1. The molecule has 0 radical (unpaired) electrons. The molecule has 1 aliphatic carbocycles. The summed E-state index contributed by atoms with van der Waals surface area (Å²) in [5.74, 6) is 0.553. The molecular weight excluding hydrogens is 334 g/mol. The number of carbonyl (C=O) groups excluding carboxylic acids is 1. The lowest BCUT2D eigenvalue weighted by Gasteiger charge is -2.37. The zero-order chi connectivity index (χ0) is 17.4. The Morgan fingerprint density at radius 1 is 1.08 bits per heavy atom. The van der Waals surface area contributed by atoms with E-state index in [0.717, 1.165) is 22.6 Å². The predicted octanol–water partition coefficient (Wildman–Crippen LogP) is 4.43. The molecule has 1 aliphatic heterocycles. The first-order valence-corrected chi connectivity index (χ1v) is 9.25. The minimum absolute atomic E-state index is 0.0421. The Bertz CT molecular complexity index is 764. The molecule has 4 atom stereocenters. The molecule has 0 aromatic heterocycles. The van der Waals surface area contributed by atoms with Crippen LogP contribution in [0.1, 0.15) is 36.5 Å². The summed E-state index contributed by atoms with van der Waals surface area (Å²) in [5.41, 5.74) is 2.23. The first kappa shape index (κ1) is 16.6. The largest absolute Gasteiger partial charge is 0.367 e. The van der Waals surface area contributed by atoms with Gasteiger partial charge in [-0.2, -0.15) is 0 Å². The molecule has 2 aromatic carbocycles. The van der Waals surface area contributed by atoms with Gasteiger partial charge in [0, 0.05) is 17.5 Å². The normalized spacial score (nSPS) is 28.6. The fourth-order valence-electron chi connectivity index (χ4n) is 3.81. The lowest BCUT2D eigenvalue weighted by molar-refractivity contribution is -0.146. The van der Waals surface area contributed by atoms with Crippen molar-refractivity contribution in [1.29, 1.82) is 0 Å². The van der Waals surface area contributed by atoms with Crippen molar-refractivity contribution in [2.45, 2.75) is 31.5 Å². The van der Waals surface area contributed by atoms with E-state index in [1.807, 2.05) is 54.3 Å². The van der Waals surface area contributed by atoms with Crippen LogP contribution in [0.15, 0.2) is 54.6 Å². The van der Waals surface area contributed by atoms with Crippen molar-refractivity contribution in [3.8, 4) is 0 Å². The summed E-state index contributed by atoms with van der Waals surface area (Å²) in [5, 5.41) is 0.764. The van der Waals surface area contributed by atoms with Crippen LogP contribution in [0.5, 0.6) is 0 Å². The van der Waals surface area contributed by atoms with Crippen LogP contribution in [0.25, 0.3) is 0 Å². The van der Waals surface area contributed by atoms with E-state index in [9.17, 15) is 4.79 Å². The van der Waals surface area contributed by atoms with E-state index in [2.05, 4.69) is 12.1 Å². The number of ether oxygens (including phenoxy) is 1. The van der Waals surface area contributed by atoms with Gasteiger partial charge in [-0.1, -0.05) is 60.1 Å². The van der Waals surface area contributed by atoms with Gasteiger partial charge in [0.15, 0.2) is 0 Å². The van der Waals surface area contributed by atoms with Crippen molar-refractivity contribution in [3.05, 3.63) is 70.7 Å². The predicted molar refractivity (Wildman–Crippen MR) is 98.6 cm³/mol. The van der Waals surface area contributed by atoms with Crippen LogP contribution in [0.3, 0.4) is 0 Å². The maximum absolute atomic E-state index is 13.0. The highest BCUT2D eigenvalue weighted by Crippen LogP contribution is 2.50. The third-order valence-electron chi connectivity index (χ3n) is 5.16. The van der Waals surface area contributed by atoms with E-state index in [1.54, 1.807) is 0 Å². The van der Waals surface area contributed by atoms with Gasteiger partial charge in [-0.15, -0.1) is 0 Å². The summed E-state index contributed by atoms with van der Waals surface area (Å²) in [6.07, 6.45) is 0.886. The minimum Gasteiger partial charge on any atom is -0.367 e. The van der Waals surface area contributed by atoms with Crippen LogP contribution in [0, 0.1) is 5.92 Å². The standard InChI is InChI=1S/C21H22ClNO2/c1-14-12-23(13-20(25-14)15-7-3-2-4-8-15)21(24)18-11-17(18)16-9-5-6-10-19(16)22/h2-10,14,17-18,20H,11-13H2,1H3. The smallest absolute Gasteiger partial charge is 0.226 e. The Labute approximate surface area is 153 Å². The van der Waals surface area contributed by atoms with Crippen LogP contribution >= 0.6 is 11.6 Å². The first-order valence-electron chi connectivity index (χ1n) is 8.87. The van der Waals surface area contributed by atoms with Crippen molar-refractivity contribution in [2.75, 3.05) is 13.1 Å². The third kappa shape index (κ3) is 3.44. The quantitative estimate of drug-likeness (QED) is 0.815. The molecule has 2 aromatic rings. The number of halogens is 1. The number of rotatable bonds is 3. The van der Waals surface area contributed by atoms with Crippen LogP contribution < -0.4 is 0 Å². The van der Waals surface area contributed by atoms with Crippen LogP contribution in [-0.2, 0) is 9.53 Å². The van der Waals surface area contributed by atoms with Crippen molar-refractivity contribution in [3.63, 3.8) is 0 Å². The summed E-state index contributed by atoms with van der Waals surface area (Å²) in [6.45, 7) is 3.32. The van der Waals surface area contributed by atoms with Crippen LogP contribution in [0.4, 0.5) is 0 Å². The summed E-state index contributed by atoms with van der Waals surface area (Å²) in [6, 6.07) is 18.0. The van der Waals surface area contributed by atoms with Gasteiger partial charge < -0.3 is 9.64 Å². The molecule has 4 heteroatoms. The fraction of sp³-hybridized carbons (Fsp3) is 0.381. The van der Waals surface area contributed by atoms with Gasteiger partial charge in [0.2, 0.25) is 5.91 Å². The molecule has 3 nitrogen and oxygen atoms in total. The SMILES string of the molecule is CC1CN(C(=O)C2CC2c2ccccc2Cl)CC(c2ccccc2)O1. The van der Waals surface area contributed by atoms with Crippen molar-refractivity contribution in [2.24, 2.45) is 5.92 Å². The minimum atomic E-state index is -0.0496. The Hall–Kier alpha value is -1.84. The second-order valence-corrected chi connectivity index (χ2v) is 7.47. The van der Waals surface area contributed by atoms with Gasteiger partial charge in [0.25, 0.3) is 0 Å². The van der Waals surface area contributed by atoms with E-state index in [-0.39, 0.29) is 30.0 Å². The number of hydrogen-bond donors (Lipinski definition) is 0. The molecular formula is C21H22ClNO2.